The van der Waals surface area contributed by atoms with Crippen molar-refractivity contribution in [2.45, 2.75) is 57.7 Å². The summed E-state index contributed by atoms with van der Waals surface area (Å²) >= 11 is 0. The number of aromatic nitrogens is 4. The van der Waals surface area contributed by atoms with Crippen LogP contribution in [0.4, 0.5) is 11.5 Å². The molecule has 2 aromatic heterocycles. The first-order valence-corrected chi connectivity index (χ1v) is 13.1. The predicted molar refractivity (Wildman–Crippen MR) is 139 cm³/mol. The zero-order valence-corrected chi connectivity index (χ0v) is 21.1. The molecular formula is C27H32N8O2. The number of nitrogen functional groups attached to an aromatic ring is 1. The Morgan fingerprint density at radius 2 is 2.05 bits per heavy atom. The van der Waals surface area contributed by atoms with Gasteiger partial charge in [-0.1, -0.05) is 23.8 Å². The van der Waals surface area contributed by atoms with E-state index in [2.05, 4.69) is 31.6 Å². The van der Waals surface area contributed by atoms with Gasteiger partial charge in [-0.15, -0.1) is 5.10 Å². The van der Waals surface area contributed by atoms with Gasteiger partial charge in [0.2, 0.25) is 5.91 Å². The molecule has 3 N–H and O–H groups in total. The molecule has 2 amide bonds. The molecular weight excluding hydrogens is 468 g/mol. The van der Waals surface area contributed by atoms with Crippen LogP contribution in [0.5, 0.6) is 0 Å². The third-order valence-electron chi connectivity index (χ3n) is 7.93. The van der Waals surface area contributed by atoms with Gasteiger partial charge in [-0.2, -0.15) is 0 Å². The quantitative estimate of drug-likeness (QED) is 0.551. The van der Waals surface area contributed by atoms with Gasteiger partial charge in [0.05, 0.1) is 24.8 Å². The molecule has 10 heteroatoms. The standard InChI is InChI=1S/C27H32N8O2/c1-17-14-18(5-8-23(17)35-13-12-33-11-3-2-4-24(33)27(35)37)15-34-16-22(31-32-34)26(36)30-21-7-6-20-19(21)9-10-29-25(20)28/h5,8-10,14,16,21,24H,2-4,6-7,11-13,15H2,1H3,(H2,28,29)(H,30,36)/t21-,24?/m0/s1. The molecule has 1 aliphatic carbocycles. The van der Waals surface area contributed by atoms with E-state index in [1.165, 1.54) is 6.42 Å². The number of rotatable bonds is 5. The molecule has 192 valence electrons. The van der Waals surface area contributed by atoms with E-state index in [4.69, 9.17) is 5.73 Å². The van der Waals surface area contributed by atoms with Crippen molar-refractivity contribution < 1.29 is 9.59 Å². The van der Waals surface area contributed by atoms with Crippen LogP contribution in [0.25, 0.3) is 0 Å². The third-order valence-corrected chi connectivity index (χ3v) is 7.93. The number of piperidine rings is 1. The van der Waals surface area contributed by atoms with Crippen LogP contribution in [0.3, 0.4) is 0 Å². The van der Waals surface area contributed by atoms with Gasteiger partial charge in [-0.3, -0.25) is 14.5 Å². The lowest BCUT2D eigenvalue weighted by molar-refractivity contribution is -0.127. The molecule has 2 aliphatic heterocycles. The summed E-state index contributed by atoms with van der Waals surface area (Å²) in [4.78, 5) is 34.5. The largest absolute Gasteiger partial charge is 0.383 e. The minimum Gasteiger partial charge on any atom is -0.383 e. The zero-order chi connectivity index (χ0) is 25.5. The number of amides is 2. The summed E-state index contributed by atoms with van der Waals surface area (Å²) in [7, 11) is 0. The smallest absolute Gasteiger partial charge is 0.273 e. The van der Waals surface area contributed by atoms with Crippen molar-refractivity contribution in [2.75, 3.05) is 30.3 Å². The van der Waals surface area contributed by atoms with Crippen molar-refractivity contribution in [3.8, 4) is 0 Å². The van der Waals surface area contributed by atoms with Crippen LogP contribution in [0, 0.1) is 6.92 Å². The van der Waals surface area contributed by atoms with Crippen LogP contribution < -0.4 is 16.0 Å². The van der Waals surface area contributed by atoms with Crippen molar-refractivity contribution in [3.05, 3.63) is 64.6 Å². The number of anilines is 2. The Morgan fingerprint density at radius 1 is 1.16 bits per heavy atom. The number of benzene rings is 1. The molecule has 1 aromatic carbocycles. The molecule has 10 nitrogen and oxygen atoms in total. The summed E-state index contributed by atoms with van der Waals surface area (Å²) in [6.07, 6.45) is 8.18. The summed E-state index contributed by atoms with van der Waals surface area (Å²) in [5.74, 6) is 0.492. The summed E-state index contributed by atoms with van der Waals surface area (Å²) in [6, 6.07) is 7.97. The Bertz CT molecular complexity index is 1350. The molecule has 6 rings (SSSR count). The number of nitrogens with one attached hydrogen (secondary N) is 1. The number of hydrogen-bond acceptors (Lipinski definition) is 7. The highest BCUT2D eigenvalue weighted by atomic mass is 16.2. The van der Waals surface area contributed by atoms with Crippen LogP contribution in [0.1, 0.15) is 64.5 Å². The van der Waals surface area contributed by atoms with E-state index in [0.717, 1.165) is 73.3 Å². The second-order valence-electron chi connectivity index (χ2n) is 10.3. The van der Waals surface area contributed by atoms with Crippen molar-refractivity contribution in [1.82, 2.24) is 30.2 Å². The maximum absolute atomic E-state index is 13.2. The van der Waals surface area contributed by atoms with Crippen LogP contribution in [0.15, 0.2) is 36.7 Å². The average molecular weight is 501 g/mol. The number of carbonyl (C=O) groups is 2. The van der Waals surface area contributed by atoms with Gasteiger partial charge >= 0.3 is 0 Å². The molecule has 2 atom stereocenters. The molecule has 37 heavy (non-hydrogen) atoms. The van der Waals surface area contributed by atoms with Gasteiger partial charge in [-0.25, -0.2) is 9.67 Å². The molecule has 3 aliphatic rings. The number of nitrogens with zero attached hydrogens (tertiary/aromatic N) is 6. The Morgan fingerprint density at radius 3 is 2.92 bits per heavy atom. The SMILES string of the molecule is Cc1cc(Cn2cc(C(=O)N[C@H]3CCc4c3ccnc4N)nn2)ccc1N1CCN2CCCCC2C1=O. The summed E-state index contributed by atoms with van der Waals surface area (Å²) in [6.45, 7) is 5.21. The van der Waals surface area contributed by atoms with E-state index in [9.17, 15) is 9.59 Å². The maximum atomic E-state index is 13.2. The first-order chi connectivity index (χ1) is 18.0. The highest BCUT2D eigenvalue weighted by Crippen LogP contribution is 2.33. The van der Waals surface area contributed by atoms with Gasteiger partial charge in [0, 0.05) is 25.0 Å². The van der Waals surface area contributed by atoms with Crippen molar-refractivity contribution in [1.29, 1.82) is 0 Å². The fraction of sp³-hybridized carbons (Fsp3) is 0.444. The average Bonchev–Trinajstić information content (AvgIpc) is 3.53. The van der Waals surface area contributed by atoms with E-state index in [0.29, 0.717) is 12.4 Å². The topological polar surface area (TPSA) is 122 Å². The molecule has 0 saturated carbocycles. The minimum atomic E-state index is -0.258. The van der Waals surface area contributed by atoms with Crippen molar-refractivity contribution >= 4 is 23.3 Å². The predicted octanol–water partition coefficient (Wildman–Crippen LogP) is 2.23. The molecule has 2 fully saturated rings. The number of hydrogen-bond donors (Lipinski definition) is 2. The minimum absolute atomic E-state index is 0.0213. The number of pyridine rings is 1. The molecule has 3 aromatic rings. The number of aryl methyl sites for hydroxylation is 1. The molecule has 0 spiro atoms. The van der Waals surface area contributed by atoms with Gasteiger partial charge in [0.15, 0.2) is 5.69 Å². The highest BCUT2D eigenvalue weighted by Gasteiger charge is 2.37. The molecule has 4 heterocycles. The van der Waals surface area contributed by atoms with Gasteiger partial charge in [0.1, 0.15) is 5.82 Å². The number of fused-ring (bicyclic) bond motifs is 2. The Hall–Kier alpha value is -3.79. The van der Waals surface area contributed by atoms with Crippen LogP contribution >= 0.6 is 0 Å². The Balaban J connectivity index is 1.11. The maximum Gasteiger partial charge on any atom is 0.273 e. The van der Waals surface area contributed by atoms with Crippen LogP contribution in [-0.4, -0.2) is 62.4 Å². The summed E-state index contributed by atoms with van der Waals surface area (Å²) in [5, 5.41) is 11.3. The fourth-order valence-corrected chi connectivity index (χ4v) is 6.03. The van der Waals surface area contributed by atoms with E-state index in [1.54, 1.807) is 17.1 Å². The molecule has 0 radical (unpaired) electrons. The normalized spacial score (nSPS) is 21.5. The first kappa shape index (κ1) is 23.6. The van der Waals surface area contributed by atoms with E-state index in [1.807, 2.05) is 30.0 Å². The molecule has 0 bridgehead atoms. The van der Waals surface area contributed by atoms with Crippen LogP contribution in [0.2, 0.25) is 0 Å². The second-order valence-corrected chi connectivity index (χ2v) is 10.3. The van der Waals surface area contributed by atoms with Gasteiger partial charge in [-0.05, 0) is 73.5 Å². The zero-order valence-electron chi connectivity index (χ0n) is 21.1. The molecule has 2 saturated heterocycles. The number of piperazine rings is 1. The van der Waals surface area contributed by atoms with Crippen molar-refractivity contribution in [2.24, 2.45) is 0 Å². The van der Waals surface area contributed by atoms with E-state index < -0.39 is 0 Å². The lowest BCUT2D eigenvalue weighted by atomic mass is 9.97. The summed E-state index contributed by atoms with van der Waals surface area (Å²) < 4.78 is 1.67. The monoisotopic (exact) mass is 500 g/mol. The fourth-order valence-electron chi connectivity index (χ4n) is 6.03. The first-order valence-electron chi connectivity index (χ1n) is 13.1. The number of carbonyl (C=O) groups excluding carboxylic acids is 2. The lowest BCUT2D eigenvalue weighted by Gasteiger charge is -2.43. The Labute approximate surface area is 215 Å². The van der Waals surface area contributed by atoms with E-state index >= 15 is 0 Å². The number of nitrogens with two attached hydrogens (primary N) is 1. The third kappa shape index (κ3) is 4.46. The lowest BCUT2D eigenvalue weighted by Crippen LogP contribution is -2.58. The Kier molecular flexibility index (Phi) is 6.11. The summed E-state index contributed by atoms with van der Waals surface area (Å²) in [5.41, 5.74) is 11.4. The van der Waals surface area contributed by atoms with E-state index in [-0.39, 0.29) is 29.6 Å². The van der Waals surface area contributed by atoms with Crippen LogP contribution in [-0.2, 0) is 17.8 Å². The second kappa shape index (κ2) is 9.59. The van der Waals surface area contributed by atoms with Gasteiger partial charge in [0.25, 0.3) is 5.91 Å². The molecule has 1 unspecified atom stereocenters. The van der Waals surface area contributed by atoms with Gasteiger partial charge < -0.3 is 16.0 Å². The van der Waals surface area contributed by atoms with Crippen molar-refractivity contribution in [3.63, 3.8) is 0 Å². The highest BCUT2D eigenvalue weighted by molar-refractivity contribution is 5.98.